The van der Waals surface area contributed by atoms with E-state index in [-0.39, 0.29) is 41.8 Å². The molecule has 4 aliphatic rings. The third kappa shape index (κ3) is 7.76. The molecule has 1 aromatic heterocycles. The lowest BCUT2D eigenvalue weighted by Gasteiger charge is -2.33. The number of hydrogen-bond donors (Lipinski definition) is 3. The van der Waals surface area contributed by atoms with Gasteiger partial charge in [0.15, 0.2) is 0 Å². The molecule has 0 aliphatic carbocycles. The topological polar surface area (TPSA) is 168 Å². The summed E-state index contributed by atoms with van der Waals surface area (Å²) >= 11 is 0. The first-order chi connectivity index (χ1) is 30.4. The van der Waals surface area contributed by atoms with Gasteiger partial charge in [0.2, 0.25) is 5.91 Å². The molecule has 2 fully saturated rings. The molecule has 1 unspecified atom stereocenters. The number of hydrogen-bond acceptors (Lipinski definition) is 9. The summed E-state index contributed by atoms with van der Waals surface area (Å²) in [7, 11) is 2.59. The summed E-state index contributed by atoms with van der Waals surface area (Å²) in [5.41, 5.74) is 8.62. The van der Waals surface area contributed by atoms with E-state index in [0.717, 1.165) is 80.7 Å². The third-order valence-corrected chi connectivity index (χ3v) is 13.1. The van der Waals surface area contributed by atoms with Crippen LogP contribution in [0.2, 0.25) is 0 Å². The second kappa shape index (κ2) is 16.9. The smallest absolute Gasteiger partial charge is 0.407 e. The maximum Gasteiger partial charge on any atom is 0.407 e. The number of alkyl carbamates (subject to hydrolysis) is 2. The van der Waals surface area contributed by atoms with Crippen molar-refractivity contribution in [1.29, 1.82) is 0 Å². The van der Waals surface area contributed by atoms with Gasteiger partial charge in [-0.15, -0.1) is 0 Å². The number of fused-ring (bicyclic) bond motifs is 6. The van der Waals surface area contributed by atoms with Gasteiger partial charge in [-0.25, -0.2) is 14.6 Å². The molecule has 9 rings (SSSR count). The Morgan fingerprint density at radius 1 is 0.873 bits per heavy atom. The quantitative estimate of drug-likeness (QED) is 0.134. The molecule has 4 amide bonds. The van der Waals surface area contributed by atoms with Crippen molar-refractivity contribution in [2.24, 2.45) is 16.8 Å². The first-order valence-electron chi connectivity index (χ1n) is 21.8. The molecule has 14 heteroatoms. The number of aromatic nitrogens is 2. The fourth-order valence-electron chi connectivity index (χ4n) is 9.91. The minimum Gasteiger partial charge on any atom is -0.488 e. The average molecular weight is 852 g/mol. The van der Waals surface area contributed by atoms with Gasteiger partial charge in [-0.3, -0.25) is 14.6 Å². The summed E-state index contributed by atoms with van der Waals surface area (Å²) < 4.78 is 16.2. The maximum atomic E-state index is 14.2. The molecule has 326 valence electrons. The number of carbonyl (C=O) groups excluding carboxylic acids is 4. The highest BCUT2D eigenvalue weighted by atomic mass is 16.5. The van der Waals surface area contributed by atoms with Crippen molar-refractivity contribution in [2.45, 2.75) is 90.2 Å². The van der Waals surface area contributed by atoms with Crippen LogP contribution in [-0.4, -0.2) is 88.4 Å². The Balaban J connectivity index is 0.939. The summed E-state index contributed by atoms with van der Waals surface area (Å²) in [5.74, 6) is 1.28. The molecule has 4 aromatic carbocycles. The van der Waals surface area contributed by atoms with Crippen molar-refractivity contribution in [1.82, 2.24) is 30.4 Å². The highest BCUT2D eigenvalue weighted by Crippen LogP contribution is 2.45. The fourth-order valence-corrected chi connectivity index (χ4v) is 9.91. The number of nitrogens with one attached hydrogen (secondary N) is 3. The van der Waals surface area contributed by atoms with Crippen LogP contribution in [0, 0.1) is 11.8 Å². The number of benzene rings is 4. The van der Waals surface area contributed by atoms with Crippen LogP contribution in [0.4, 0.5) is 15.3 Å². The Morgan fingerprint density at radius 2 is 1.65 bits per heavy atom. The molecular weight excluding hydrogens is 799 g/mol. The molecule has 0 spiro atoms. The summed E-state index contributed by atoms with van der Waals surface area (Å²) in [6.07, 6.45) is 3.53. The number of imidazole rings is 1. The number of rotatable bonds is 9. The van der Waals surface area contributed by atoms with Crippen molar-refractivity contribution < 1.29 is 33.4 Å². The zero-order valence-corrected chi connectivity index (χ0v) is 36.4. The summed E-state index contributed by atoms with van der Waals surface area (Å²) in [6.45, 7) is 8.95. The van der Waals surface area contributed by atoms with Crippen LogP contribution >= 0.6 is 0 Å². The summed E-state index contributed by atoms with van der Waals surface area (Å²) in [4.78, 5) is 69.9. The van der Waals surface area contributed by atoms with Gasteiger partial charge in [-0.2, -0.15) is 0 Å². The molecular formula is C49H53N7O7. The van der Waals surface area contributed by atoms with Gasteiger partial charge < -0.3 is 39.6 Å². The Hall–Kier alpha value is -6.70. The number of H-pyrrole nitrogens is 1. The van der Waals surface area contributed by atoms with E-state index in [2.05, 4.69) is 71.9 Å². The number of methoxy groups -OCH3 is 2. The number of amides is 4. The maximum absolute atomic E-state index is 14.2. The molecule has 0 bridgehead atoms. The fraction of sp³-hybridized carbons (Fsp3) is 0.388. The van der Waals surface area contributed by atoms with Crippen LogP contribution in [0.3, 0.4) is 0 Å². The van der Waals surface area contributed by atoms with Crippen LogP contribution in [0.15, 0.2) is 84.0 Å². The van der Waals surface area contributed by atoms with E-state index < -0.39 is 24.3 Å². The van der Waals surface area contributed by atoms with Crippen LogP contribution in [0.5, 0.6) is 5.75 Å². The molecule has 3 N–H and O–H groups in total. The van der Waals surface area contributed by atoms with Crippen LogP contribution in [-0.2, 0) is 32.1 Å². The van der Waals surface area contributed by atoms with Crippen molar-refractivity contribution in [3.05, 3.63) is 102 Å². The van der Waals surface area contributed by atoms with Crippen molar-refractivity contribution in [3.8, 4) is 28.1 Å². The standard InChI is InChI=1S/C49H53N7O7/c1-26(2)43(53-48(59)61-5)47(58)56-28(4)12-17-40(56)38-21-35-34-22-42-36(20-30(34)14-16-37(35)51-38)33-15-13-31(19-32(33)25-63-42)39-23-50-45(52-39)41-18-27(3)24-55(41)46(57)44(54-49(60)62-6)29-10-8-7-9-11-29/h7-11,13-16,19-20,22-23,26-28,40-41,43-44H,12,17-18,21,24-25H2,1-6H3,(H,50,52)(H,53,59)(H,54,60)/t27-,28-,40-,41?,43-,44+/m0/s1. The zero-order valence-electron chi connectivity index (χ0n) is 36.4. The summed E-state index contributed by atoms with van der Waals surface area (Å²) in [5, 5.41) is 7.66. The molecule has 0 radical (unpaired) electrons. The van der Waals surface area contributed by atoms with Gasteiger partial charge in [0.1, 0.15) is 30.3 Å². The lowest BCUT2D eigenvalue weighted by molar-refractivity contribution is -0.136. The number of nitrogens with zero attached hydrogens (tertiary/aromatic N) is 4. The van der Waals surface area contributed by atoms with E-state index in [4.69, 9.17) is 24.2 Å². The highest BCUT2D eigenvalue weighted by molar-refractivity contribution is 6.06. The van der Waals surface area contributed by atoms with Crippen molar-refractivity contribution in [3.63, 3.8) is 0 Å². The number of carbonyl (C=O) groups is 4. The lowest BCUT2D eigenvalue weighted by Crippen LogP contribution is -2.55. The molecule has 14 nitrogen and oxygen atoms in total. The van der Waals surface area contributed by atoms with Crippen molar-refractivity contribution in [2.75, 3.05) is 20.8 Å². The number of aliphatic imine (C=N–C) groups is 1. The number of aromatic amines is 1. The van der Waals surface area contributed by atoms with Crippen molar-refractivity contribution >= 4 is 46.2 Å². The monoisotopic (exact) mass is 851 g/mol. The molecule has 2 saturated heterocycles. The van der Waals surface area contributed by atoms with E-state index in [1.165, 1.54) is 14.2 Å². The molecule has 5 aromatic rings. The van der Waals surface area contributed by atoms with E-state index in [1.807, 2.05) is 60.2 Å². The van der Waals surface area contributed by atoms with Gasteiger partial charge >= 0.3 is 12.2 Å². The minimum absolute atomic E-state index is 0.0104. The third-order valence-electron chi connectivity index (χ3n) is 13.1. The Morgan fingerprint density at radius 3 is 2.41 bits per heavy atom. The predicted octanol–water partition coefficient (Wildman–Crippen LogP) is 8.18. The second-order valence-electron chi connectivity index (χ2n) is 17.6. The Labute approximate surface area is 366 Å². The van der Waals surface area contributed by atoms with Gasteiger partial charge in [-0.05, 0) is 101 Å². The largest absolute Gasteiger partial charge is 0.488 e. The van der Waals surface area contributed by atoms with E-state index in [1.54, 1.807) is 0 Å². The minimum atomic E-state index is -0.904. The van der Waals surface area contributed by atoms with Gasteiger partial charge in [-0.1, -0.05) is 69.3 Å². The first kappa shape index (κ1) is 41.6. The van der Waals surface area contributed by atoms with E-state index >= 15 is 0 Å². The van der Waals surface area contributed by atoms with Gasteiger partial charge in [0.05, 0.1) is 43.9 Å². The average Bonchev–Trinajstić information content (AvgIpc) is 4.12. The number of likely N-dealkylation sites (tertiary alicyclic amines) is 2. The van der Waals surface area contributed by atoms with E-state index in [9.17, 15) is 19.2 Å². The second-order valence-corrected chi connectivity index (χ2v) is 17.6. The molecule has 5 heterocycles. The Bertz CT molecular complexity index is 2640. The SMILES string of the molecule is COC(=O)N[C@H](C(=O)N1[C@@H](C)CC[C@H]1C1=Nc2ccc3cc4c(cc3c2C1)OCc1cc(-c2cnc(C3C[C@H](C)CN3C(=O)[C@H](NC(=O)OC)c3ccccc3)[nH]2)ccc1-4)C(C)C. The van der Waals surface area contributed by atoms with Gasteiger partial charge in [0.25, 0.3) is 5.91 Å². The van der Waals surface area contributed by atoms with E-state index in [0.29, 0.717) is 31.0 Å². The molecule has 6 atom stereocenters. The Kier molecular flexibility index (Phi) is 11.2. The molecule has 63 heavy (non-hydrogen) atoms. The summed E-state index contributed by atoms with van der Waals surface area (Å²) in [6, 6.07) is 22.0. The van der Waals surface area contributed by atoms with Crippen LogP contribution in [0.25, 0.3) is 33.2 Å². The van der Waals surface area contributed by atoms with Crippen LogP contribution in [0.1, 0.15) is 81.6 Å². The molecule has 0 saturated carbocycles. The molecule has 4 aliphatic heterocycles. The zero-order chi connectivity index (χ0) is 44.1. The normalized spacial score (nSPS) is 20.9. The highest BCUT2D eigenvalue weighted by Gasteiger charge is 2.43. The predicted molar refractivity (Wildman–Crippen MR) is 239 cm³/mol. The first-order valence-corrected chi connectivity index (χ1v) is 21.8. The van der Waals surface area contributed by atoms with Crippen LogP contribution < -0.4 is 15.4 Å². The lowest BCUT2D eigenvalue weighted by atomic mass is 9.90. The van der Waals surface area contributed by atoms with Gasteiger partial charge in [0, 0.05) is 30.3 Å². The number of ether oxygens (including phenoxy) is 3.